The van der Waals surface area contributed by atoms with E-state index in [0.29, 0.717) is 16.6 Å². The minimum atomic E-state index is -2.14. The second-order valence-corrected chi connectivity index (χ2v) is 9.86. The summed E-state index contributed by atoms with van der Waals surface area (Å²) in [6.45, 7) is 1.91. The van der Waals surface area contributed by atoms with Gasteiger partial charge in [0.25, 0.3) is 0 Å². The zero-order valence-electron chi connectivity index (χ0n) is 18.4. The third kappa shape index (κ3) is 4.81. The number of aromatic nitrogens is 2. The van der Waals surface area contributed by atoms with Gasteiger partial charge in [0.1, 0.15) is 19.5 Å². The Morgan fingerprint density at radius 1 is 1.41 bits per heavy atom. The van der Waals surface area contributed by atoms with E-state index in [0.717, 1.165) is 0 Å². The maximum atomic E-state index is 14.6. The van der Waals surface area contributed by atoms with E-state index in [1.165, 1.54) is 34.4 Å². The van der Waals surface area contributed by atoms with Gasteiger partial charge in [0, 0.05) is 41.8 Å². The molecule has 0 aliphatic carbocycles. The molecule has 1 fully saturated rings. The zero-order valence-corrected chi connectivity index (χ0v) is 20.0. The van der Waals surface area contributed by atoms with Crippen LogP contribution in [0.4, 0.5) is 15.3 Å². The molecule has 3 N–H and O–H groups in total. The van der Waals surface area contributed by atoms with Crippen molar-refractivity contribution >= 4 is 47.7 Å². The summed E-state index contributed by atoms with van der Waals surface area (Å²) in [5.41, 5.74) is -2.80. The SMILES string of the molecule is [B]C(O)(c1cccc(Cl)c1F)N1CCC(Cc2cccc(Nc3nccs3)n2)(C(=O)O)CC1C. The van der Waals surface area contributed by atoms with E-state index >= 15 is 0 Å². The molecule has 0 bridgehead atoms. The molecule has 4 rings (SSSR count). The van der Waals surface area contributed by atoms with Crippen LogP contribution in [0.3, 0.4) is 0 Å². The maximum absolute atomic E-state index is 14.6. The highest BCUT2D eigenvalue weighted by Gasteiger charge is 2.48. The summed E-state index contributed by atoms with van der Waals surface area (Å²) >= 11 is 7.31. The topological polar surface area (TPSA) is 98.6 Å². The van der Waals surface area contributed by atoms with Crippen LogP contribution in [0.15, 0.2) is 48.0 Å². The van der Waals surface area contributed by atoms with Crippen LogP contribution in [0, 0.1) is 11.2 Å². The number of carbonyl (C=O) groups is 1. The zero-order chi connectivity index (χ0) is 24.5. The second-order valence-electron chi connectivity index (χ2n) is 8.56. The summed E-state index contributed by atoms with van der Waals surface area (Å²) in [7, 11) is 6.18. The largest absolute Gasteiger partial charge is 0.481 e. The molecule has 1 aliphatic heterocycles. The number of thiazole rings is 1. The molecule has 3 atom stereocenters. The highest BCUT2D eigenvalue weighted by atomic mass is 35.5. The van der Waals surface area contributed by atoms with Crippen LogP contribution >= 0.6 is 22.9 Å². The number of benzene rings is 1. The van der Waals surface area contributed by atoms with Crippen molar-refractivity contribution in [3.05, 3.63) is 70.1 Å². The minimum absolute atomic E-state index is 0.142. The number of pyridine rings is 1. The van der Waals surface area contributed by atoms with E-state index < -0.39 is 28.9 Å². The Morgan fingerprint density at radius 2 is 2.18 bits per heavy atom. The number of halogens is 2. The number of rotatable bonds is 7. The maximum Gasteiger partial charge on any atom is 0.310 e. The summed E-state index contributed by atoms with van der Waals surface area (Å²) in [5, 5.41) is 26.8. The summed E-state index contributed by atoms with van der Waals surface area (Å²) in [4.78, 5) is 22.7. The molecule has 11 heteroatoms. The molecule has 3 unspecified atom stereocenters. The van der Waals surface area contributed by atoms with E-state index in [-0.39, 0.29) is 36.4 Å². The van der Waals surface area contributed by atoms with Crippen LogP contribution in [0.25, 0.3) is 0 Å². The average Bonchev–Trinajstić information content (AvgIpc) is 3.28. The third-order valence-corrected chi connectivity index (χ3v) is 7.26. The Labute approximate surface area is 207 Å². The molecule has 1 aliphatic rings. The van der Waals surface area contributed by atoms with Crippen molar-refractivity contribution in [2.45, 2.75) is 37.9 Å². The molecular formula is C23H23BClFN4O3S. The average molecular weight is 501 g/mol. The first-order chi connectivity index (χ1) is 16.1. The fourth-order valence-electron chi connectivity index (χ4n) is 4.60. The summed E-state index contributed by atoms with van der Waals surface area (Å²) in [5.74, 6) is -1.18. The molecule has 0 saturated carbocycles. The molecule has 1 saturated heterocycles. The Hall–Kier alpha value is -2.53. The monoisotopic (exact) mass is 500 g/mol. The molecule has 2 aromatic heterocycles. The number of hydrogen-bond donors (Lipinski definition) is 3. The highest BCUT2D eigenvalue weighted by molar-refractivity contribution is 7.13. The van der Waals surface area contributed by atoms with Gasteiger partial charge in [0.15, 0.2) is 5.13 Å². The van der Waals surface area contributed by atoms with Gasteiger partial charge in [-0.15, -0.1) is 11.3 Å². The van der Waals surface area contributed by atoms with Gasteiger partial charge in [-0.05, 0) is 38.0 Å². The van der Waals surface area contributed by atoms with Crippen molar-refractivity contribution in [2.75, 3.05) is 11.9 Å². The van der Waals surface area contributed by atoms with Gasteiger partial charge >= 0.3 is 5.97 Å². The van der Waals surface area contributed by atoms with Crippen LogP contribution in [0.2, 0.25) is 5.02 Å². The number of carboxylic acid groups (broad SMARTS) is 1. The lowest BCUT2D eigenvalue weighted by Gasteiger charge is -2.49. The highest BCUT2D eigenvalue weighted by Crippen LogP contribution is 2.42. The fourth-order valence-corrected chi connectivity index (χ4v) is 5.31. The smallest absolute Gasteiger partial charge is 0.310 e. The molecule has 0 spiro atoms. The van der Waals surface area contributed by atoms with Gasteiger partial charge in [0.2, 0.25) is 0 Å². The Kier molecular flexibility index (Phi) is 6.96. The first-order valence-electron chi connectivity index (χ1n) is 10.7. The summed E-state index contributed by atoms with van der Waals surface area (Å²) in [6.07, 6.45) is 2.26. The van der Waals surface area contributed by atoms with Crippen LogP contribution < -0.4 is 5.32 Å². The Morgan fingerprint density at radius 3 is 2.85 bits per heavy atom. The summed E-state index contributed by atoms with van der Waals surface area (Å²) < 4.78 is 14.6. The standard InChI is InChI=1S/C23H23BClFN4O3S/c1-14-12-22(20(31)32,13-15-4-2-7-18(28-15)29-21-27-9-11-34-21)8-10-30(14)23(24,33)16-5-3-6-17(25)19(16)26/h2-7,9,11,14,33H,8,10,12-13H2,1H3,(H,31,32)(H,27,28,29). The number of piperidine rings is 1. The molecule has 2 radical (unpaired) electrons. The number of aliphatic carboxylic acids is 1. The van der Waals surface area contributed by atoms with Gasteiger partial charge in [-0.25, -0.2) is 14.4 Å². The van der Waals surface area contributed by atoms with Crippen molar-refractivity contribution in [2.24, 2.45) is 5.41 Å². The first kappa shape index (κ1) is 24.6. The predicted octanol–water partition coefficient (Wildman–Crippen LogP) is 4.14. The van der Waals surface area contributed by atoms with E-state index in [9.17, 15) is 19.4 Å². The minimum Gasteiger partial charge on any atom is -0.481 e. The Bertz CT molecular complexity index is 1180. The van der Waals surface area contributed by atoms with Gasteiger partial charge < -0.3 is 15.5 Å². The molecular weight excluding hydrogens is 478 g/mol. The second kappa shape index (κ2) is 9.61. The molecule has 176 valence electrons. The van der Waals surface area contributed by atoms with Gasteiger partial charge in [-0.2, -0.15) is 0 Å². The number of hydrogen-bond acceptors (Lipinski definition) is 7. The van der Waals surface area contributed by atoms with Crippen molar-refractivity contribution in [1.82, 2.24) is 14.9 Å². The lowest BCUT2D eigenvalue weighted by molar-refractivity contribution is -0.160. The third-order valence-electron chi connectivity index (χ3n) is 6.28. The Balaban J connectivity index is 1.55. The molecule has 34 heavy (non-hydrogen) atoms. The van der Waals surface area contributed by atoms with Crippen LogP contribution in [0.5, 0.6) is 0 Å². The number of nitrogens with one attached hydrogen (secondary N) is 1. The van der Waals surface area contributed by atoms with Crippen molar-refractivity contribution in [3.8, 4) is 0 Å². The normalized spacial score (nSPS) is 22.8. The quantitative estimate of drug-likeness (QED) is 0.419. The summed E-state index contributed by atoms with van der Waals surface area (Å²) in [6, 6.07) is 9.18. The van der Waals surface area contributed by atoms with E-state index in [1.54, 1.807) is 25.3 Å². The van der Waals surface area contributed by atoms with Crippen LogP contribution in [0.1, 0.15) is 31.0 Å². The van der Waals surface area contributed by atoms with E-state index in [1.807, 2.05) is 11.4 Å². The molecule has 7 nitrogen and oxygen atoms in total. The van der Waals surface area contributed by atoms with Crippen molar-refractivity contribution in [1.29, 1.82) is 0 Å². The number of nitrogens with zero attached hydrogens (tertiary/aromatic N) is 3. The van der Waals surface area contributed by atoms with E-state index in [2.05, 4.69) is 15.3 Å². The number of anilines is 2. The first-order valence-corrected chi connectivity index (χ1v) is 12.0. The molecule has 0 amide bonds. The number of aliphatic hydroxyl groups is 1. The number of likely N-dealkylation sites (tertiary alicyclic amines) is 1. The molecule has 1 aromatic carbocycles. The fraction of sp³-hybridized carbons (Fsp3) is 0.348. The van der Waals surface area contributed by atoms with Crippen LogP contribution in [-0.2, 0) is 16.8 Å². The van der Waals surface area contributed by atoms with Gasteiger partial charge in [0.05, 0.1) is 16.1 Å². The predicted molar refractivity (Wildman–Crippen MR) is 130 cm³/mol. The lowest BCUT2D eigenvalue weighted by Crippen LogP contribution is -2.58. The number of carboxylic acids is 1. The van der Waals surface area contributed by atoms with Gasteiger partial charge in [-0.3, -0.25) is 9.69 Å². The van der Waals surface area contributed by atoms with Crippen molar-refractivity contribution in [3.63, 3.8) is 0 Å². The van der Waals surface area contributed by atoms with Crippen LogP contribution in [-0.4, -0.2) is 51.5 Å². The van der Waals surface area contributed by atoms with Crippen molar-refractivity contribution < 1.29 is 19.4 Å². The van der Waals surface area contributed by atoms with E-state index in [4.69, 9.17) is 19.4 Å². The molecule has 3 heterocycles. The van der Waals surface area contributed by atoms with Gasteiger partial charge in [-0.1, -0.05) is 29.8 Å². The lowest BCUT2D eigenvalue weighted by atomic mass is 9.70. The molecule has 3 aromatic rings.